The number of urea groups is 1. The minimum atomic E-state index is -0.539. The molecule has 0 aliphatic carbocycles. The second-order valence-electron chi connectivity index (χ2n) is 6.04. The van der Waals surface area contributed by atoms with Crippen molar-refractivity contribution in [2.24, 2.45) is 0 Å². The third-order valence-corrected chi connectivity index (χ3v) is 4.17. The molecular formula is C19H26N2O4. The first-order valence-electron chi connectivity index (χ1n) is 8.66. The van der Waals surface area contributed by atoms with Gasteiger partial charge in [-0.25, -0.2) is 9.59 Å². The Kier molecular flexibility index (Phi) is 6.86. The summed E-state index contributed by atoms with van der Waals surface area (Å²) < 4.78 is 10.6. The molecule has 2 amide bonds. The summed E-state index contributed by atoms with van der Waals surface area (Å²) in [6.45, 7) is 4.23. The lowest BCUT2D eigenvalue weighted by molar-refractivity contribution is -0.139. The van der Waals surface area contributed by atoms with Crippen molar-refractivity contribution < 1.29 is 19.1 Å². The van der Waals surface area contributed by atoms with Gasteiger partial charge in [-0.15, -0.1) is 0 Å². The van der Waals surface area contributed by atoms with Gasteiger partial charge in [0, 0.05) is 5.70 Å². The molecule has 0 bridgehead atoms. The van der Waals surface area contributed by atoms with E-state index in [1.54, 1.807) is 26.2 Å². The molecule has 0 aromatic heterocycles. The molecule has 1 aliphatic rings. The van der Waals surface area contributed by atoms with Gasteiger partial charge < -0.3 is 20.1 Å². The van der Waals surface area contributed by atoms with Crippen molar-refractivity contribution in [3.63, 3.8) is 0 Å². The zero-order valence-corrected chi connectivity index (χ0v) is 15.1. The number of nitrogens with one attached hydrogen (secondary N) is 2. The largest absolute Gasteiger partial charge is 0.497 e. The van der Waals surface area contributed by atoms with Gasteiger partial charge in [0.2, 0.25) is 0 Å². The number of carbonyl (C=O) groups is 2. The van der Waals surface area contributed by atoms with Gasteiger partial charge in [-0.1, -0.05) is 38.3 Å². The molecule has 2 rings (SSSR count). The van der Waals surface area contributed by atoms with Crippen molar-refractivity contribution in [1.29, 1.82) is 0 Å². The number of carbonyl (C=O) groups excluding carboxylic acids is 2. The van der Waals surface area contributed by atoms with E-state index in [4.69, 9.17) is 9.47 Å². The third-order valence-electron chi connectivity index (χ3n) is 4.17. The van der Waals surface area contributed by atoms with Gasteiger partial charge in [0.25, 0.3) is 0 Å². The van der Waals surface area contributed by atoms with Crippen molar-refractivity contribution in [1.82, 2.24) is 10.6 Å². The Morgan fingerprint density at radius 2 is 1.88 bits per heavy atom. The van der Waals surface area contributed by atoms with Crippen LogP contribution in [0, 0.1) is 0 Å². The number of rotatable bonds is 8. The fraction of sp³-hybridized carbons (Fsp3) is 0.474. The molecule has 1 aliphatic heterocycles. The van der Waals surface area contributed by atoms with E-state index in [2.05, 4.69) is 17.6 Å². The number of unbranched alkanes of at least 4 members (excludes halogenated alkanes) is 3. The monoisotopic (exact) mass is 346 g/mol. The van der Waals surface area contributed by atoms with Crippen LogP contribution in [0.5, 0.6) is 5.75 Å². The summed E-state index contributed by atoms with van der Waals surface area (Å²) in [5, 5.41) is 5.44. The van der Waals surface area contributed by atoms with E-state index in [-0.39, 0.29) is 6.03 Å². The Hall–Kier alpha value is -2.50. The highest BCUT2D eigenvalue weighted by atomic mass is 16.5. The van der Waals surface area contributed by atoms with E-state index in [9.17, 15) is 9.59 Å². The predicted molar refractivity (Wildman–Crippen MR) is 95.2 cm³/mol. The Morgan fingerprint density at radius 3 is 2.52 bits per heavy atom. The molecule has 0 saturated carbocycles. The van der Waals surface area contributed by atoms with Crippen LogP contribution in [0.4, 0.5) is 4.79 Å². The van der Waals surface area contributed by atoms with E-state index in [0.29, 0.717) is 23.6 Å². The lowest BCUT2D eigenvalue weighted by atomic mass is 9.95. The average Bonchev–Trinajstić information content (AvgIpc) is 2.60. The normalized spacial score (nSPS) is 16.9. The Morgan fingerprint density at radius 1 is 1.16 bits per heavy atom. The molecule has 1 atom stereocenters. The van der Waals surface area contributed by atoms with E-state index < -0.39 is 12.0 Å². The van der Waals surface area contributed by atoms with Crippen LogP contribution in [0.2, 0.25) is 0 Å². The summed E-state index contributed by atoms with van der Waals surface area (Å²) in [6.07, 6.45) is 4.15. The second kappa shape index (κ2) is 9.11. The molecule has 136 valence electrons. The SMILES string of the molecule is CCCCCCOC(=O)C1=C(C)NC(=O)N[C@@H]1c1ccc(OC)cc1. The number of methoxy groups -OCH3 is 1. The highest BCUT2D eigenvalue weighted by Gasteiger charge is 2.32. The van der Waals surface area contributed by atoms with E-state index in [0.717, 1.165) is 31.2 Å². The van der Waals surface area contributed by atoms with Crippen LogP contribution in [0.3, 0.4) is 0 Å². The Balaban J connectivity index is 2.14. The van der Waals surface area contributed by atoms with Gasteiger partial charge >= 0.3 is 12.0 Å². The van der Waals surface area contributed by atoms with Crippen LogP contribution in [-0.4, -0.2) is 25.7 Å². The summed E-state index contributed by atoms with van der Waals surface area (Å²) in [5.41, 5.74) is 1.75. The quantitative estimate of drug-likeness (QED) is 0.558. The summed E-state index contributed by atoms with van der Waals surface area (Å²) in [6, 6.07) is 6.38. The van der Waals surface area contributed by atoms with Gasteiger partial charge in [-0.3, -0.25) is 0 Å². The van der Waals surface area contributed by atoms with E-state index in [1.165, 1.54) is 0 Å². The topological polar surface area (TPSA) is 76.7 Å². The molecule has 1 heterocycles. The second-order valence-corrected chi connectivity index (χ2v) is 6.04. The van der Waals surface area contributed by atoms with Crippen molar-refractivity contribution in [3.05, 3.63) is 41.1 Å². The smallest absolute Gasteiger partial charge is 0.338 e. The number of esters is 1. The van der Waals surface area contributed by atoms with Crippen molar-refractivity contribution in [2.45, 2.75) is 45.6 Å². The maximum Gasteiger partial charge on any atom is 0.338 e. The van der Waals surface area contributed by atoms with Crippen LogP contribution in [-0.2, 0) is 9.53 Å². The van der Waals surface area contributed by atoms with Crippen LogP contribution in [0.1, 0.15) is 51.1 Å². The first kappa shape index (κ1) is 18.8. The van der Waals surface area contributed by atoms with Crippen LogP contribution >= 0.6 is 0 Å². The minimum Gasteiger partial charge on any atom is -0.497 e. The molecule has 1 aromatic rings. The summed E-state index contributed by atoms with van der Waals surface area (Å²) >= 11 is 0. The number of hydrogen-bond acceptors (Lipinski definition) is 4. The number of allylic oxidation sites excluding steroid dienone is 1. The van der Waals surface area contributed by atoms with E-state index >= 15 is 0 Å². The standard InChI is InChI=1S/C19H26N2O4/c1-4-5-6-7-12-25-18(22)16-13(2)20-19(23)21-17(16)14-8-10-15(24-3)11-9-14/h8-11,17H,4-7,12H2,1-3H3,(H2,20,21,23)/t17-/m1/s1. The first-order chi connectivity index (χ1) is 12.1. The highest BCUT2D eigenvalue weighted by molar-refractivity contribution is 5.95. The number of hydrogen-bond donors (Lipinski definition) is 2. The summed E-state index contributed by atoms with van der Waals surface area (Å²) in [7, 11) is 1.59. The third kappa shape index (κ3) is 4.98. The van der Waals surface area contributed by atoms with Gasteiger partial charge in [-0.05, 0) is 31.0 Å². The van der Waals surface area contributed by atoms with Crippen LogP contribution in [0.15, 0.2) is 35.5 Å². The molecule has 0 radical (unpaired) electrons. The zero-order valence-electron chi connectivity index (χ0n) is 15.1. The van der Waals surface area contributed by atoms with Crippen molar-refractivity contribution >= 4 is 12.0 Å². The fourth-order valence-electron chi connectivity index (χ4n) is 2.78. The van der Waals surface area contributed by atoms with Gasteiger partial charge in [0.15, 0.2) is 0 Å². The fourth-order valence-corrected chi connectivity index (χ4v) is 2.78. The van der Waals surface area contributed by atoms with Crippen molar-refractivity contribution in [2.75, 3.05) is 13.7 Å². The molecule has 1 aromatic carbocycles. The molecule has 6 nitrogen and oxygen atoms in total. The Bertz CT molecular complexity index is 637. The molecule has 0 unspecified atom stereocenters. The number of ether oxygens (including phenoxy) is 2. The predicted octanol–water partition coefficient (Wildman–Crippen LogP) is 3.45. The maximum atomic E-state index is 12.6. The molecule has 6 heteroatoms. The van der Waals surface area contributed by atoms with Crippen LogP contribution in [0.25, 0.3) is 0 Å². The van der Waals surface area contributed by atoms with Gasteiger partial charge in [0.05, 0.1) is 25.3 Å². The van der Waals surface area contributed by atoms with E-state index in [1.807, 2.05) is 12.1 Å². The van der Waals surface area contributed by atoms with Crippen molar-refractivity contribution in [3.8, 4) is 5.75 Å². The molecule has 0 spiro atoms. The molecular weight excluding hydrogens is 320 g/mol. The Labute approximate surface area is 148 Å². The first-order valence-corrected chi connectivity index (χ1v) is 8.66. The lowest BCUT2D eigenvalue weighted by Crippen LogP contribution is -2.45. The molecule has 25 heavy (non-hydrogen) atoms. The van der Waals surface area contributed by atoms with Gasteiger partial charge in [0.1, 0.15) is 5.75 Å². The number of amides is 2. The van der Waals surface area contributed by atoms with Gasteiger partial charge in [-0.2, -0.15) is 0 Å². The number of benzene rings is 1. The summed E-state index contributed by atoms with van der Waals surface area (Å²) in [5.74, 6) is 0.312. The molecule has 2 N–H and O–H groups in total. The molecule has 0 fully saturated rings. The zero-order chi connectivity index (χ0) is 18.2. The van der Waals surface area contributed by atoms with Crippen LogP contribution < -0.4 is 15.4 Å². The average molecular weight is 346 g/mol. The minimum absolute atomic E-state index is 0.335. The highest BCUT2D eigenvalue weighted by Crippen LogP contribution is 2.28. The lowest BCUT2D eigenvalue weighted by Gasteiger charge is -2.28. The summed E-state index contributed by atoms with van der Waals surface area (Å²) in [4.78, 5) is 24.4. The molecule has 0 saturated heterocycles. The maximum absolute atomic E-state index is 12.6.